The lowest BCUT2D eigenvalue weighted by atomic mass is 9.78. The maximum absolute atomic E-state index is 13.4. The van der Waals surface area contributed by atoms with E-state index in [0.29, 0.717) is 36.3 Å². The molecule has 0 spiro atoms. The Kier molecular flexibility index (Phi) is 8.64. The van der Waals surface area contributed by atoms with Gasteiger partial charge in [0.05, 0.1) is 23.7 Å². The Bertz CT molecular complexity index is 1320. The van der Waals surface area contributed by atoms with E-state index in [1.165, 1.54) is 0 Å². The number of carbonyl (C=O) groups is 1. The maximum Gasteiger partial charge on any atom is 0.416 e. The Morgan fingerprint density at radius 1 is 1.15 bits per heavy atom. The van der Waals surface area contributed by atoms with Gasteiger partial charge >= 0.3 is 6.18 Å². The van der Waals surface area contributed by atoms with Gasteiger partial charge in [0.25, 0.3) is 0 Å². The third-order valence-corrected chi connectivity index (χ3v) is 7.54. The van der Waals surface area contributed by atoms with Crippen molar-refractivity contribution in [1.29, 1.82) is 0 Å². The monoisotopic (exact) mass is 543 g/mol. The number of nitrogens with zero attached hydrogens (tertiary/aromatic N) is 3. The summed E-state index contributed by atoms with van der Waals surface area (Å²) in [4.78, 5) is 23.7. The summed E-state index contributed by atoms with van der Waals surface area (Å²) in [7, 11) is 3.45. The molecule has 39 heavy (non-hydrogen) atoms. The van der Waals surface area contributed by atoms with Gasteiger partial charge in [-0.1, -0.05) is 6.07 Å². The number of carbonyl (C=O) groups excluding carboxylic acids is 1. The number of methoxy groups -OCH3 is 1. The number of likely N-dealkylation sites (N-methyl/N-ethyl adjacent to an activating group) is 1. The molecule has 210 valence electrons. The zero-order chi connectivity index (χ0) is 28.3. The van der Waals surface area contributed by atoms with Crippen LogP contribution in [0, 0.1) is 12.8 Å². The molecule has 1 atom stereocenters. The summed E-state index contributed by atoms with van der Waals surface area (Å²) < 4.78 is 45.2. The van der Waals surface area contributed by atoms with Crippen LogP contribution in [0.5, 0.6) is 0 Å². The predicted octanol–water partition coefficient (Wildman–Crippen LogP) is 6.09. The van der Waals surface area contributed by atoms with Crippen LogP contribution in [0.1, 0.15) is 67.1 Å². The molecule has 1 heterocycles. The molecule has 0 bridgehead atoms. The summed E-state index contributed by atoms with van der Waals surface area (Å²) in [5.41, 5.74) is 7.38. The number of aromatic nitrogens is 2. The maximum atomic E-state index is 13.4. The van der Waals surface area contributed by atoms with E-state index in [1.54, 1.807) is 31.9 Å². The van der Waals surface area contributed by atoms with Crippen LogP contribution in [0.4, 0.5) is 24.7 Å². The van der Waals surface area contributed by atoms with Crippen molar-refractivity contribution >= 4 is 28.3 Å². The molecular weight excluding hydrogens is 507 g/mol. The molecule has 0 saturated heterocycles. The summed E-state index contributed by atoms with van der Waals surface area (Å²) in [6, 6.07) is 9.23. The summed E-state index contributed by atoms with van der Waals surface area (Å²) in [6.45, 7) is 4.67. The Morgan fingerprint density at radius 3 is 2.54 bits per heavy atom. The number of aryl methyl sites for hydroxylation is 1. The Hall–Kier alpha value is -3.40. The number of nitrogen functional groups attached to an aromatic ring is 1. The second-order valence-electron chi connectivity index (χ2n) is 10.4. The number of benzene rings is 2. The van der Waals surface area contributed by atoms with Crippen LogP contribution in [0.2, 0.25) is 0 Å². The highest BCUT2D eigenvalue weighted by molar-refractivity contribution is 5.90. The Morgan fingerprint density at radius 2 is 1.87 bits per heavy atom. The van der Waals surface area contributed by atoms with E-state index in [2.05, 4.69) is 27.4 Å². The number of nitrogens with one attached hydrogen (secondary N) is 1. The molecule has 7 nitrogen and oxygen atoms in total. The minimum atomic E-state index is -4.49. The summed E-state index contributed by atoms with van der Waals surface area (Å²) in [6.07, 6.45) is -1.05. The first-order valence-corrected chi connectivity index (χ1v) is 13.2. The van der Waals surface area contributed by atoms with Gasteiger partial charge in [-0.2, -0.15) is 13.2 Å². The molecule has 1 aliphatic rings. The molecule has 0 aliphatic heterocycles. The Labute approximate surface area is 226 Å². The van der Waals surface area contributed by atoms with Crippen LogP contribution in [-0.2, 0) is 15.7 Å². The van der Waals surface area contributed by atoms with E-state index in [0.717, 1.165) is 54.3 Å². The van der Waals surface area contributed by atoms with Gasteiger partial charge in [-0.3, -0.25) is 4.79 Å². The number of hydrogen-bond acceptors (Lipinski definition) is 6. The average molecular weight is 544 g/mol. The quantitative estimate of drug-likeness (QED) is 0.334. The molecule has 1 fully saturated rings. The van der Waals surface area contributed by atoms with Crippen molar-refractivity contribution in [2.24, 2.45) is 5.92 Å². The lowest BCUT2D eigenvalue weighted by Crippen LogP contribution is -2.36. The molecular formula is C29H36F3N5O2. The van der Waals surface area contributed by atoms with Gasteiger partial charge in [-0.25, -0.2) is 9.97 Å². The van der Waals surface area contributed by atoms with Gasteiger partial charge in [0.2, 0.25) is 5.91 Å². The lowest BCUT2D eigenvalue weighted by molar-refractivity contribution is -0.137. The van der Waals surface area contributed by atoms with E-state index in [4.69, 9.17) is 10.5 Å². The number of anilines is 2. The van der Waals surface area contributed by atoms with Gasteiger partial charge in [-0.05, 0) is 86.9 Å². The molecule has 3 aromatic rings. The van der Waals surface area contributed by atoms with Crippen LogP contribution in [0.3, 0.4) is 0 Å². The number of nitrogens with two attached hydrogens (primary N) is 1. The van der Waals surface area contributed by atoms with Crippen LogP contribution >= 0.6 is 0 Å². The Balaban J connectivity index is 1.54. The highest BCUT2D eigenvalue weighted by Gasteiger charge is 2.32. The summed E-state index contributed by atoms with van der Waals surface area (Å²) >= 11 is 0. The third kappa shape index (κ3) is 6.79. The van der Waals surface area contributed by atoms with Crippen molar-refractivity contribution in [2.75, 3.05) is 38.4 Å². The molecule has 1 amide bonds. The first-order chi connectivity index (χ1) is 18.5. The molecule has 4 rings (SSSR count). The molecule has 10 heteroatoms. The van der Waals surface area contributed by atoms with Gasteiger partial charge < -0.3 is 20.7 Å². The molecule has 3 N–H and O–H groups in total. The predicted molar refractivity (Wildman–Crippen MR) is 146 cm³/mol. The van der Waals surface area contributed by atoms with Gasteiger partial charge in [0.1, 0.15) is 11.6 Å². The van der Waals surface area contributed by atoms with Gasteiger partial charge in [-0.15, -0.1) is 0 Å². The summed E-state index contributed by atoms with van der Waals surface area (Å²) in [5.74, 6) is 1.62. The highest BCUT2D eigenvalue weighted by atomic mass is 19.4. The van der Waals surface area contributed by atoms with Crippen molar-refractivity contribution in [1.82, 2.24) is 14.9 Å². The number of amides is 1. The number of hydrogen-bond donors (Lipinski definition) is 2. The number of ether oxygens (including phenoxy) is 1. The SMILES string of the molecule is COCCN(C)C(=O)C1CCC(c2ccc3nc(C)nc(N[C@@H](C)c4cc(N)cc(C(F)(F)F)c4)c3c2)CC1. The first-order valence-electron chi connectivity index (χ1n) is 13.2. The first kappa shape index (κ1) is 28.6. The smallest absolute Gasteiger partial charge is 0.399 e. The molecule has 0 radical (unpaired) electrons. The zero-order valence-electron chi connectivity index (χ0n) is 22.8. The number of alkyl halides is 3. The van der Waals surface area contributed by atoms with Crippen molar-refractivity contribution in [3.8, 4) is 0 Å². The third-order valence-electron chi connectivity index (χ3n) is 7.54. The van der Waals surface area contributed by atoms with Crippen LogP contribution < -0.4 is 11.1 Å². The largest absolute Gasteiger partial charge is 0.416 e. The standard InChI is InChI=1S/C29H36F3N5O2/c1-17(22-13-23(29(30,31)32)16-24(33)14-22)34-27-25-15-21(9-10-26(25)35-18(2)36-27)19-5-7-20(8-6-19)28(38)37(3)11-12-39-4/h9-10,13-17,19-20H,5-8,11-12,33H2,1-4H3,(H,34,35,36)/t17-,19?,20?/m0/s1. The lowest BCUT2D eigenvalue weighted by Gasteiger charge is -2.31. The fraction of sp³-hybridized carbons (Fsp3) is 0.483. The average Bonchev–Trinajstić information content (AvgIpc) is 2.90. The van der Waals surface area contributed by atoms with E-state index >= 15 is 0 Å². The molecule has 2 aromatic carbocycles. The van der Waals surface area contributed by atoms with E-state index in [9.17, 15) is 18.0 Å². The van der Waals surface area contributed by atoms with E-state index < -0.39 is 17.8 Å². The van der Waals surface area contributed by atoms with Crippen molar-refractivity contribution in [3.05, 3.63) is 58.9 Å². The van der Waals surface area contributed by atoms with Crippen LogP contribution in [0.15, 0.2) is 36.4 Å². The normalized spacial score (nSPS) is 18.6. The van der Waals surface area contributed by atoms with Crippen LogP contribution in [-0.4, -0.2) is 48.1 Å². The molecule has 1 aromatic heterocycles. The summed E-state index contributed by atoms with van der Waals surface area (Å²) in [5, 5.41) is 4.10. The number of fused-ring (bicyclic) bond motifs is 1. The number of rotatable bonds is 8. The minimum absolute atomic E-state index is 0.0209. The fourth-order valence-electron chi connectivity index (χ4n) is 5.33. The van der Waals surface area contributed by atoms with Crippen molar-refractivity contribution < 1.29 is 22.7 Å². The zero-order valence-corrected chi connectivity index (χ0v) is 22.8. The van der Waals surface area contributed by atoms with Crippen LogP contribution in [0.25, 0.3) is 10.9 Å². The molecule has 1 saturated carbocycles. The second kappa shape index (κ2) is 11.8. The van der Waals surface area contributed by atoms with Crippen molar-refractivity contribution in [2.45, 2.75) is 57.7 Å². The minimum Gasteiger partial charge on any atom is -0.399 e. The van der Waals surface area contributed by atoms with Gasteiger partial charge in [0, 0.05) is 37.7 Å². The molecule has 0 unspecified atom stereocenters. The van der Waals surface area contributed by atoms with Gasteiger partial charge in [0.15, 0.2) is 0 Å². The van der Waals surface area contributed by atoms with E-state index in [-0.39, 0.29) is 17.5 Å². The van der Waals surface area contributed by atoms with Crippen molar-refractivity contribution in [3.63, 3.8) is 0 Å². The number of halogens is 3. The highest BCUT2D eigenvalue weighted by Crippen LogP contribution is 2.39. The molecule has 1 aliphatic carbocycles. The van der Waals surface area contributed by atoms with E-state index in [1.807, 2.05) is 13.1 Å². The second-order valence-corrected chi connectivity index (χ2v) is 10.4. The fourth-order valence-corrected chi connectivity index (χ4v) is 5.33. The topological polar surface area (TPSA) is 93.4 Å².